The van der Waals surface area contributed by atoms with E-state index in [0.717, 1.165) is 12.1 Å². The van der Waals surface area contributed by atoms with E-state index in [1.54, 1.807) is 23.9 Å². The maximum absolute atomic E-state index is 12.1. The second-order valence-corrected chi connectivity index (χ2v) is 5.14. The van der Waals surface area contributed by atoms with Gasteiger partial charge in [-0.15, -0.1) is 13.2 Å². The monoisotopic (exact) mass is 363 g/mol. The van der Waals surface area contributed by atoms with Crippen molar-refractivity contribution in [2.45, 2.75) is 13.3 Å². The summed E-state index contributed by atoms with van der Waals surface area (Å²) in [7, 11) is 0. The molecule has 0 saturated carbocycles. The third kappa shape index (κ3) is 4.15. The average Bonchev–Trinajstić information content (AvgIpc) is 3.01. The quantitative estimate of drug-likeness (QED) is 0.770. The number of aryl methyl sites for hydroxylation is 1. The molecule has 0 saturated heterocycles. The van der Waals surface area contributed by atoms with E-state index in [0.29, 0.717) is 17.5 Å². The maximum Gasteiger partial charge on any atom is 0.573 e. The van der Waals surface area contributed by atoms with Crippen LogP contribution in [0.5, 0.6) is 5.75 Å². The van der Waals surface area contributed by atoms with E-state index in [9.17, 15) is 18.0 Å². The standard InChI is InChI=1S/C16H12F3N5O2/c1-10-20-6-7-24(10)15-21-8-12(9-22-15)23-14(25)11-2-4-13(5-3-11)26-16(17,18)19/h2-9H,1H3,(H,23,25). The fraction of sp³-hybridized carbons (Fsp3) is 0.125. The molecule has 1 aromatic carbocycles. The molecule has 10 heteroatoms. The number of ether oxygens (including phenoxy) is 1. The summed E-state index contributed by atoms with van der Waals surface area (Å²) < 4.78 is 41.8. The van der Waals surface area contributed by atoms with Crippen molar-refractivity contribution in [3.63, 3.8) is 0 Å². The molecular formula is C16H12F3N5O2. The van der Waals surface area contributed by atoms with Gasteiger partial charge in [0.25, 0.3) is 5.91 Å². The minimum Gasteiger partial charge on any atom is -0.406 e. The smallest absolute Gasteiger partial charge is 0.406 e. The summed E-state index contributed by atoms with van der Waals surface area (Å²) in [5, 5.41) is 2.56. The molecule has 3 aromatic rings. The van der Waals surface area contributed by atoms with Crippen molar-refractivity contribution in [1.82, 2.24) is 19.5 Å². The number of benzene rings is 1. The Balaban J connectivity index is 1.67. The molecule has 0 aliphatic rings. The number of nitrogens with one attached hydrogen (secondary N) is 1. The third-order valence-electron chi connectivity index (χ3n) is 3.29. The number of amides is 1. The second-order valence-electron chi connectivity index (χ2n) is 5.14. The summed E-state index contributed by atoms with van der Waals surface area (Å²) in [6.07, 6.45) is 1.37. The largest absolute Gasteiger partial charge is 0.573 e. The van der Waals surface area contributed by atoms with Crippen LogP contribution in [0.4, 0.5) is 18.9 Å². The normalized spacial score (nSPS) is 11.2. The predicted molar refractivity (Wildman–Crippen MR) is 85.0 cm³/mol. The van der Waals surface area contributed by atoms with Crippen molar-refractivity contribution in [3.05, 3.63) is 60.4 Å². The van der Waals surface area contributed by atoms with Crippen LogP contribution < -0.4 is 10.1 Å². The molecule has 7 nitrogen and oxygen atoms in total. The highest BCUT2D eigenvalue weighted by Gasteiger charge is 2.31. The zero-order chi connectivity index (χ0) is 18.7. The highest BCUT2D eigenvalue weighted by Crippen LogP contribution is 2.23. The van der Waals surface area contributed by atoms with E-state index in [2.05, 4.69) is 25.0 Å². The molecule has 2 aromatic heterocycles. The van der Waals surface area contributed by atoms with Gasteiger partial charge in [-0.3, -0.25) is 9.36 Å². The number of hydrogen-bond acceptors (Lipinski definition) is 5. The molecule has 2 heterocycles. The summed E-state index contributed by atoms with van der Waals surface area (Å²) in [6, 6.07) is 4.56. The molecule has 0 bridgehead atoms. The number of anilines is 1. The van der Waals surface area contributed by atoms with Gasteiger partial charge in [-0.2, -0.15) is 0 Å². The zero-order valence-corrected chi connectivity index (χ0v) is 13.4. The maximum atomic E-state index is 12.1. The lowest BCUT2D eigenvalue weighted by Crippen LogP contribution is -2.17. The molecule has 0 aliphatic heterocycles. The van der Waals surface area contributed by atoms with Crippen molar-refractivity contribution in [2.75, 3.05) is 5.32 Å². The summed E-state index contributed by atoms with van der Waals surface area (Å²) in [6.45, 7) is 1.80. The van der Waals surface area contributed by atoms with E-state index < -0.39 is 18.0 Å². The van der Waals surface area contributed by atoms with Gasteiger partial charge in [0, 0.05) is 18.0 Å². The van der Waals surface area contributed by atoms with E-state index in [-0.39, 0.29) is 5.56 Å². The van der Waals surface area contributed by atoms with Crippen LogP contribution in [0.2, 0.25) is 0 Å². The van der Waals surface area contributed by atoms with E-state index in [4.69, 9.17) is 0 Å². The second kappa shape index (κ2) is 6.82. The minimum atomic E-state index is -4.78. The van der Waals surface area contributed by atoms with E-state index >= 15 is 0 Å². The number of nitrogens with zero attached hydrogens (tertiary/aromatic N) is 4. The number of rotatable bonds is 4. The Morgan fingerprint density at radius 1 is 1.12 bits per heavy atom. The lowest BCUT2D eigenvalue weighted by molar-refractivity contribution is -0.274. The fourth-order valence-electron chi connectivity index (χ4n) is 2.11. The van der Waals surface area contributed by atoms with Gasteiger partial charge in [0.2, 0.25) is 5.95 Å². The van der Waals surface area contributed by atoms with Crippen LogP contribution in [0.15, 0.2) is 49.1 Å². The van der Waals surface area contributed by atoms with Crippen LogP contribution in [0, 0.1) is 6.92 Å². The highest BCUT2D eigenvalue weighted by atomic mass is 19.4. The summed E-state index contributed by atoms with van der Waals surface area (Å²) in [4.78, 5) is 24.5. The van der Waals surface area contributed by atoms with E-state index in [1.807, 2.05) is 0 Å². The molecule has 1 amide bonds. The molecule has 134 valence electrons. The van der Waals surface area contributed by atoms with Gasteiger partial charge in [0.1, 0.15) is 11.6 Å². The molecule has 3 rings (SSSR count). The van der Waals surface area contributed by atoms with Crippen LogP contribution in [-0.4, -0.2) is 31.8 Å². The van der Waals surface area contributed by atoms with Gasteiger partial charge in [-0.1, -0.05) is 0 Å². The fourth-order valence-corrected chi connectivity index (χ4v) is 2.11. The lowest BCUT2D eigenvalue weighted by atomic mass is 10.2. The molecule has 0 fully saturated rings. The van der Waals surface area contributed by atoms with Crippen LogP contribution >= 0.6 is 0 Å². The highest BCUT2D eigenvalue weighted by molar-refractivity contribution is 6.04. The topological polar surface area (TPSA) is 81.9 Å². The molecule has 26 heavy (non-hydrogen) atoms. The minimum absolute atomic E-state index is 0.161. The first-order valence-corrected chi connectivity index (χ1v) is 7.31. The van der Waals surface area contributed by atoms with E-state index in [1.165, 1.54) is 24.5 Å². The average molecular weight is 363 g/mol. The Morgan fingerprint density at radius 2 is 1.77 bits per heavy atom. The van der Waals surface area contributed by atoms with Gasteiger partial charge in [-0.05, 0) is 31.2 Å². The molecule has 0 radical (unpaired) electrons. The van der Waals surface area contributed by atoms with Crippen LogP contribution in [-0.2, 0) is 0 Å². The van der Waals surface area contributed by atoms with Gasteiger partial charge in [-0.25, -0.2) is 15.0 Å². The molecular weight excluding hydrogens is 351 g/mol. The molecule has 0 atom stereocenters. The van der Waals surface area contributed by atoms with Gasteiger partial charge >= 0.3 is 6.36 Å². The van der Waals surface area contributed by atoms with Crippen LogP contribution in [0.1, 0.15) is 16.2 Å². The number of carbonyl (C=O) groups is 1. The third-order valence-corrected chi connectivity index (χ3v) is 3.29. The first kappa shape index (κ1) is 17.4. The number of imidazole rings is 1. The van der Waals surface area contributed by atoms with Gasteiger partial charge < -0.3 is 10.1 Å². The number of halogens is 3. The first-order valence-electron chi connectivity index (χ1n) is 7.31. The Hall–Kier alpha value is -3.43. The van der Waals surface area contributed by atoms with Crippen molar-refractivity contribution in [2.24, 2.45) is 0 Å². The SMILES string of the molecule is Cc1nccn1-c1ncc(NC(=O)c2ccc(OC(F)(F)F)cc2)cn1. The van der Waals surface area contributed by atoms with Crippen molar-refractivity contribution >= 4 is 11.6 Å². The summed E-state index contributed by atoms with van der Waals surface area (Å²) in [5.74, 6) is 0.186. The van der Waals surface area contributed by atoms with Crippen LogP contribution in [0.25, 0.3) is 5.95 Å². The number of hydrogen-bond donors (Lipinski definition) is 1. The van der Waals surface area contributed by atoms with Crippen molar-refractivity contribution in [3.8, 4) is 11.7 Å². The van der Waals surface area contributed by atoms with Crippen molar-refractivity contribution in [1.29, 1.82) is 0 Å². The van der Waals surface area contributed by atoms with Crippen molar-refractivity contribution < 1.29 is 22.7 Å². The Morgan fingerprint density at radius 3 is 2.31 bits per heavy atom. The number of alkyl halides is 3. The predicted octanol–water partition coefficient (Wildman–Crippen LogP) is 3.12. The summed E-state index contributed by atoms with van der Waals surface area (Å²) >= 11 is 0. The zero-order valence-electron chi connectivity index (χ0n) is 13.4. The number of carbonyl (C=O) groups excluding carboxylic acids is 1. The first-order chi connectivity index (χ1) is 12.3. The molecule has 0 spiro atoms. The lowest BCUT2D eigenvalue weighted by Gasteiger charge is -2.09. The Kier molecular flexibility index (Phi) is 4.57. The van der Waals surface area contributed by atoms with Gasteiger partial charge in [0.05, 0.1) is 18.1 Å². The molecule has 0 unspecified atom stereocenters. The Labute approximate surface area is 145 Å². The Bertz CT molecular complexity index is 905. The summed E-state index contributed by atoms with van der Waals surface area (Å²) in [5.41, 5.74) is 0.501. The van der Waals surface area contributed by atoms with Crippen LogP contribution in [0.3, 0.4) is 0 Å². The van der Waals surface area contributed by atoms with Gasteiger partial charge in [0.15, 0.2) is 0 Å². The molecule has 1 N–H and O–H groups in total. The molecule has 0 aliphatic carbocycles. The number of aromatic nitrogens is 4.